The van der Waals surface area contributed by atoms with Gasteiger partial charge in [-0.25, -0.2) is 0 Å². The molecule has 1 heterocycles. The van der Waals surface area contributed by atoms with E-state index >= 15 is 0 Å². The Hall–Kier alpha value is -2.57. The van der Waals surface area contributed by atoms with Crippen LogP contribution in [0.25, 0.3) is 10.1 Å². The van der Waals surface area contributed by atoms with Crippen LogP contribution in [0.5, 0.6) is 5.75 Å². The molecular weight excluding hydrogens is 384 g/mol. The minimum Gasteiger partial charge on any atom is -0.497 e. The zero-order valence-corrected chi connectivity index (χ0v) is 16.5. The number of amides is 2. The molecule has 0 spiro atoms. The van der Waals surface area contributed by atoms with E-state index in [1.54, 1.807) is 37.4 Å². The number of benzene rings is 2. The Morgan fingerprint density at radius 2 is 1.93 bits per heavy atom. The number of carbonyl (C=O) groups excluding carboxylic acids is 2. The van der Waals surface area contributed by atoms with Gasteiger partial charge in [0.05, 0.1) is 23.4 Å². The maximum absolute atomic E-state index is 12.8. The van der Waals surface area contributed by atoms with Gasteiger partial charge in [-0.15, -0.1) is 11.3 Å². The molecule has 1 aromatic heterocycles. The Kier molecular flexibility index (Phi) is 5.98. The molecule has 3 aromatic rings. The highest BCUT2D eigenvalue weighted by Crippen LogP contribution is 2.37. The summed E-state index contributed by atoms with van der Waals surface area (Å²) in [6, 6.07) is 12.4. The molecule has 0 fully saturated rings. The van der Waals surface area contributed by atoms with Crippen LogP contribution in [0.15, 0.2) is 42.5 Å². The van der Waals surface area contributed by atoms with Crippen molar-refractivity contribution in [2.24, 2.45) is 0 Å². The number of methoxy groups -OCH3 is 1. The Morgan fingerprint density at radius 1 is 1.15 bits per heavy atom. The van der Waals surface area contributed by atoms with E-state index < -0.39 is 0 Å². The fraction of sp³-hybridized carbons (Fsp3) is 0.200. The molecule has 0 saturated heterocycles. The van der Waals surface area contributed by atoms with Crippen LogP contribution in [0.1, 0.15) is 33.4 Å². The van der Waals surface area contributed by atoms with Crippen molar-refractivity contribution in [3.8, 4) is 5.75 Å². The number of hydrogen-bond acceptors (Lipinski definition) is 4. The normalized spacial score (nSPS) is 10.6. The lowest BCUT2D eigenvalue weighted by Gasteiger charge is -2.10. The van der Waals surface area contributed by atoms with E-state index in [0.717, 1.165) is 16.5 Å². The highest BCUT2D eigenvalue weighted by Gasteiger charge is 2.20. The molecule has 0 aliphatic carbocycles. The maximum atomic E-state index is 12.8. The van der Waals surface area contributed by atoms with Crippen LogP contribution < -0.4 is 15.4 Å². The fourth-order valence-electron chi connectivity index (χ4n) is 2.62. The molecule has 7 heteroatoms. The quantitative estimate of drug-likeness (QED) is 0.612. The highest BCUT2D eigenvalue weighted by molar-refractivity contribution is 7.21. The van der Waals surface area contributed by atoms with Crippen LogP contribution in [0.3, 0.4) is 0 Å². The molecular formula is C20H19ClN2O3S. The fourth-order valence-corrected chi connectivity index (χ4v) is 4.06. The van der Waals surface area contributed by atoms with Gasteiger partial charge in [0.1, 0.15) is 10.6 Å². The number of anilines is 1. The molecule has 5 nitrogen and oxygen atoms in total. The highest BCUT2D eigenvalue weighted by atomic mass is 35.5. The number of para-hydroxylation sites is 1. The van der Waals surface area contributed by atoms with Gasteiger partial charge in [0, 0.05) is 16.6 Å². The smallest absolute Gasteiger partial charge is 0.267 e. The number of thiophene rings is 1. The summed E-state index contributed by atoms with van der Waals surface area (Å²) in [4.78, 5) is 25.5. The predicted molar refractivity (Wildman–Crippen MR) is 110 cm³/mol. The van der Waals surface area contributed by atoms with Crippen LogP contribution in [0, 0.1) is 0 Å². The number of halogens is 1. The molecule has 0 aliphatic rings. The summed E-state index contributed by atoms with van der Waals surface area (Å²) in [5.74, 6) is 0.126. The van der Waals surface area contributed by atoms with Crippen LogP contribution in [-0.2, 0) is 0 Å². The summed E-state index contributed by atoms with van der Waals surface area (Å²) in [6.45, 7) is 2.55. The summed E-state index contributed by atoms with van der Waals surface area (Å²) in [5, 5.41) is 6.81. The van der Waals surface area contributed by atoms with Gasteiger partial charge >= 0.3 is 0 Å². The molecule has 140 valence electrons. The standard InChI is InChI=1S/C20H19ClN2O3S/c1-3-10-22-19(24)13-6-4-5-7-15(13)23-20(25)18-17(21)14-9-8-12(26-2)11-16(14)27-18/h4-9,11H,3,10H2,1-2H3,(H,22,24)(H,23,25). The SMILES string of the molecule is CCCNC(=O)c1ccccc1NC(=O)c1sc2cc(OC)ccc2c1Cl. The topological polar surface area (TPSA) is 67.4 Å². The minimum absolute atomic E-state index is 0.222. The third-order valence-corrected chi connectivity index (χ3v) is 5.65. The molecule has 27 heavy (non-hydrogen) atoms. The second-order valence-electron chi connectivity index (χ2n) is 5.86. The van der Waals surface area contributed by atoms with Crippen LogP contribution >= 0.6 is 22.9 Å². The van der Waals surface area contributed by atoms with E-state index in [1.165, 1.54) is 11.3 Å². The molecule has 0 bridgehead atoms. The lowest BCUT2D eigenvalue weighted by atomic mass is 10.1. The molecule has 2 N–H and O–H groups in total. The van der Waals surface area contributed by atoms with Crippen molar-refractivity contribution in [2.75, 3.05) is 19.0 Å². The third kappa shape index (κ3) is 4.07. The second kappa shape index (κ2) is 8.41. The average molecular weight is 403 g/mol. The van der Waals surface area contributed by atoms with Crippen molar-refractivity contribution < 1.29 is 14.3 Å². The summed E-state index contributed by atoms with van der Waals surface area (Å²) >= 11 is 7.70. The van der Waals surface area contributed by atoms with E-state index in [9.17, 15) is 9.59 Å². The monoisotopic (exact) mass is 402 g/mol. The molecule has 2 amide bonds. The summed E-state index contributed by atoms with van der Waals surface area (Å²) < 4.78 is 6.08. The van der Waals surface area contributed by atoms with Gasteiger partial charge in [-0.3, -0.25) is 9.59 Å². The number of hydrogen-bond donors (Lipinski definition) is 2. The van der Waals surface area contributed by atoms with Crippen LogP contribution in [0.4, 0.5) is 5.69 Å². The first-order valence-corrected chi connectivity index (χ1v) is 9.69. The number of nitrogens with one attached hydrogen (secondary N) is 2. The molecule has 0 unspecified atom stereocenters. The zero-order valence-electron chi connectivity index (χ0n) is 15.0. The number of carbonyl (C=O) groups is 2. The van der Waals surface area contributed by atoms with Gasteiger partial charge in [0.15, 0.2) is 0 Å². The van der Waals surface area contributed by atoms with Gasteiger partial charge in [0.25, 0.3) is 11.8 Å². The Labute approximate surface area is 166 Å². The molecule has 0 aliphatic heterocycles. The van der Waals surface area contributed by atoms with Gasteiger partial charge in [-0.2, -0.15) is 0 Å². The van der Waals surface area contributed by atoms with E-state index in [-0.39, 0.29) is 11.8 Å². The summed E-state index contributed by atoms with van der Waals surface area (Å²) in [7, 11) is 1.59. The number of rotatable bonds is 6. The minimum atomic E-state index is -0.351. The van der Waals surface area contributed by atoms with Crippen LogP contribution in [0.2, 0.25) is 5.02 Å². The summed E-state index contributed by atoms with van der Waals surface area (Å²) in [6.07, 6.45) is 0.834. The molecule has 0 saturated carbocycles. The Balaban J connectivity index is 1.89. The largest absolute Gasteiger partial charge is 0.497 e. The van der Waals surface area contributed by atoms with E-state index in [0.29, 0.717) is 33.4 Å². The van der Waals surface area contributed by atoms with Gasteiger partial charge < -0.3 is 15.4 Å². The first-order valence-electron chi connectivity index (χ1n) is 8.49. The molecule has 3 rings (SSSR count). The van der Waals surface area contributed by atoms with Crippen molar-refractivity contribution in [3.05, 3.63) is 57.9 Å². The summed E-state index contributed by atoms with van der Waals surface area (Å²) in [5.41, 5.74) is 0.861. The van der Waals surface area contributed by atoms with E-state index in [1.807, 2.05) is 19.1 Å². The van der Waals surface area contributed by atoms with E-state index in [4.69, 9.17) is 16.3 Å². The van der Waals surface area contributed by atoms with Crippen LogP contribution in [-0.4, -0.2) is 25.5 Å². The van der Waals surface area contributed by atoms with Gasteiger partial charge in [0.2, 0.25) is 0 Å². The zero-order chi connectivity index (χ0) is 19.4. The molecule has 2 aromatic carbocycles. The Morgan fingerprint density at radius 3 is 2.67 bits per heavy atom. The number of fused-ring (bicyclic) bond motifs is 1. The van der Waals surface area contributed by atoms with Crippen molar-refractivity contribution in [1.29, 1.82) is 0 Å². The Bertz CT molecular complexity index is 1000. The second-order valence-corrected chi connectivity index (χ2v) is 7.29. The first kappa shape index (κ1) is 19.2. The molecule has 0 atom stereocenters. The van der Waals surface area contributed by atoms with Gasteiger partial charge in [-0.1, -0.05) is 30.7 Å². The van der Waals surface area contributed by atoms with Gasteiger partial charge in [-0.05, 0) is 36.8 Å². The van der Waals surface area contributed by atoms with Crippen molar-refractivity contribution in [3.63, 3.8) is 0 Å². The van der Waals surface area contributed by atoms with Crippen molar-refractivity contribution in [1.82, 2.24) is 5.32 Å². The van der Waals surface area contributed by atoms with Crippen molar-refractivity contribution >= 4 is 50.5 Å². The van der Waals surface area contributed by atoms with E-state index in [2.05, 4.69) is 10.6 Å². The average Bonchev–Trinajstić information content (AvgIpc) is 3.02. The molecule has 0 radical (unpaired) electrons. The maximum Gasteiger partial charge on any atom is 0.267 e. The van der Waals surface area contributed by atoms with Crippen molar-refractivity contribution in [2.45, 2.75) is 13.3 Å². The predicted octanol–water partition coefficient (Wildman–Crippen LogP) is 4.96. The third-order valence-electron chi connectivity index (χ3n) is 4.00. The first-order chi connectivity index (χ1) is 13.0. The lowest BCUT2D eigenvalue weighted by Crippen LogP contribution is -2.25. The number of ether oxygens (including phenoxy) is 1. The lowest BCUT2D eigenvalue weighted by molar-refractivity contribution is 0.0954.